The first-order valence-corrected chi connectivity index (χ1v) is 7.44. The van der Waals surface area contributed by atoms with Crippen molar-refractivity contribution < 1.29 is 17.9 Å². The van der Waals surface area contributed by atoms with Gasteiger partial charge in [-0.3, -0.25) is 4.79 Å². The van der Waals surface area contributed by atoms with Crippen molar-refractivity contribution in [3.05, 3.63) is 28.8 Å². The van der Waals surface area contributed by atoms with Gasteiger partial charge >= 0.3 is 5.97 Å². The third kappa shape index (κ3) is 4.54. The van der Waals surface area contributed by atoms with E-state index in [1.165, 1.54) is 12.1 Å². The second-order valence-electron chi connectivity index (χ2n) is 3.68. The molecule has 0 saturated heterocycles. The summed E-state index contributed by atoms with van der Waals surface area (Å²) in [5.41, 5.74) is 6.35. The van der Waals surface area contributed by atoms with E-state index >= 15 is 0 Å². The zero-order chi connectivity index (χ0) is 13.8. The normalized spacial score (nSPS) is 11.2. The molecular weight excluding hydrogens is 278 g/mol. The molecule has 0 aromatic heterocycles. The maximum atomic E-state index is 11.7. The molecule has 7 heteroatoms. The summed E-state index contributed by atoms with van der Waals surface area (Å²) in [6.45, 7) is 1.76. The van der Waals surface area contributed by atoms with E-state index < -0.39 is 21.6 Å². The number of hydrogen-bond acceptors (Lipinski definition) is 5. The van der Waals surface area contributed by atoms with E-state index in [4.69, 9.17) is 17.3 Å². The summed E-state index contributed by atoms with van der Waals surface area (Å²) in [7, 11) is -3.61. The van der Waals surface area contributed by atoms with E-state index in [-0.39, 0.29) is 12.4 Å². The summed E-state index contributed by atoms with van der Waals surface area (Å²) in [6, 6.07) is 4.56. The van der Waals surface area contributed by atoms with Crippen LogP contribution in [0.3, 0.4) is 0 Å². The van der Waals surface area contributed by atoms with Crippen LogP contribution < -0.4 is 5.73 Å². The maximum Gasteiger partial charge on any atom is 0.321 e. The average Bonchev–Trinajstić information content (AvgIpc) is 2.22. The van der Waals surface area contributed by atoms with Crippen LogP contribution in [0.2, 0.25) is 5.02 Å². The van der Waals surface area contributed by atoms with E-state index in [1.807, 2.05) is 0 Å². The number of sulfone groups is 1. The first-order valence-electron chi connectivity index (χ1n) is 5.24. The fourth-order valence-corrected chi connectivity index (χ4v) is 2.83. The lowest BCUT2D eigenvalue weighted by Gasteiger charge is -2.07. The molecule has 0 aliphatic heterocycles. The summed E-state index contributed by atoms with van der Waals surface area (Å²) in [5.74, 6) is -1.76. The number of nitrogens with two attached hydrogens (primary N) is 1. The Kier molecular flexibility index (Phi) is 4.98. The highest BCUT2D eigenvalue weighted by atomic mass is 35.5. The Bertz CT molecular complexity index is 542. The van der Waals surface area contributed by atoms with Gasteiger partial charge in [0.05, 0.1) is 12.4 Å². The van der Waals surface area contributed by atoms with E-state index in [1.54, 1.807) is 13.0 Å². The van der Waals surface area contributed by atoms with Crippen LogP contribution in [-0.4, -0.2) is 26.7 Å². The van der Waals surface area contributed by atoms with Gasteiger partial charge in [-0.15, -0.1) is 0 Å². The molecule has 18 heavy (non-hydrogen) atoms. The molecule has 0 aliphatic rings. The Morgan fingerprint density at radius 2 is 2.11 bits per heavy atom. The molecule has 0 bridgehead atoms. The number of halogens is 1. The third-order valence-electron chi connectivity index (χ3n) is 2.12. The van der Waals surface area contributed by atoms with Crippen LogP contribution >= 0.6 is 11.6 Å². The van der Waals surface area contributed by atoms with Crippen LogP contribution in [0.5, 0.6) is 0 Å². The van der Waals surface area contributed by atoms with E-state index in [2.05, 4.69) is 4.74 Å². The fraction of sp³-hybridized carbons (Fsp3) is 0.364. The number of benzene rings is 1. The topological polar surface area (TPSA) is 86.5 Å². The molecule has 5 nitrogen and oxygen atoms in total. The minimum absolute atomic E-state index is 0.146. The lowest BCUT2D eigenvalue weighted by atomic mass is 10.2. The molecule has 2 N–H and O–H groups in total. The monoisotopic (exact) mass is 291 g/mol. The highest BCUT2D eigenvalue weighted by Crippen LogP contribution is 2.20. The van der Waals surface area contributed by atoms with Crippen molar-refractivity contribution in [1.29, 1.82) is 0 Å². The lowest BCUT2D eigenvalue weighted by molar-refractivity contribution is -0.139. The Balaban J connectivity index is 2.82. The molecule has 0 fully saturated rings. The van der Waals surface area contributed by atoms with Gasteiger partial charge in [-0.2, -0.15) is 0 Å². The maximum absolute atomic E-state index is 11.7. The summed E-state index contributed by atoms with van der Waals surface area (Å²) in [4.78, 5) is 11.1. The Morgan fingerprint density at radius 3 is 2.72 bits per heavy atom. The lowest BCUT2D eigenvalue weighted by Crippen LogP contribution is -2.20. The van der Waals surface area contributed by atoms with Gasteiger partial charge in [0.15, 0.2) is 9.84 Å². The summed E-state index contributed by atoms with van der Waals surface area (Å²) >= 11 is 5.76. The minimum atomic E-state index is -3.61. The second-order valence-corrected chi connectivity index (χ2v) is 6.18. The zero-order valence-electron chi connectivity index (χ0n) is 9.85. The SMILES string of the molecule is CCOC(=O)CS(=O)(=O)Cc1cc(Cl)ccc1N. The molecule has 1 aromatic carbocycles. The van der Waals surface area contributed by atoms with Crippen LogP contribution in [0.15, 0.2) is 18.2 Å². The Morgan fingerprint density at radius 1 is 1.44 bits per heavy atom. The molecule has 1 rings (SSSR count). The highest BCUT2D eigenvalue weighted by molar-refractivity contribution is 7.91. The van der Waals surface area contributed by atoms with Gasteiger partial charge in [0, 0.05) is 10.7 Å². The molecule has 0 aliphatic carbocycles. The Labute approximate surface area is 111 Å². The summed E-state index contributed by atoms with van der Waals surface area (Å²) < 4.78 is 28.1. The quantitative estimate of drug-likeness (QED) is 0.654. The van der Waals surface area contributed by atoms with E-state index in [9.17, 15) is 13.2 Å². The van der Waals surface area contributed by atoms with Crippen LogP contribution in [0, 0.1) is 0 Å². The van der Waals surface area contributed by atoms with Gasteiger partial charge < -0.3 is 10.5 Å². The van der Waals surface area contributed by atoms with Gasteiger partial charge in [0.2, 0.25) is 0 Å². The number of esters is 1. The van der Waals surface area contributed by atoms with Crippen molar-refractivity contribution in [2.45, 2.75) is 12.7 Å². The van der Waals surface area contributed by atoms with E-state index in [0.29, 0.717) is 16.3 Å². The third-order valence-corrected chi connectivity index (χ3v) is 3.78. The molecule has 0 unspecified atom stereocenters. The average molecular weight is 292 g/mol. The number of hydrogen-bond donors (Lipinski definition) is 1. The summed E-state index contributed by atoms with van der Waals surface area (Å²) in [6.07, 6.45) is 0. The first-order chi connectivity index (χ1) is 8.34. The molecule has 0 amide bonds. The number of ether oxygens (including phenoxy) is 1. The number of rotatable bonds is 5. The van der Waals surface area contributed by atoms with Crippen molar-refractivity contribution in [2.24, 2.45) is 0 Å². The molecule has 1 aromatic rings. The van der Waals surface area contributed by atoms with Gasteiger partial charge in [-0.1, -0.05) is 11.6 Å². The van der Waals surface area contributed by atoms with Crippen molar-refractivity contribution in [2.75, 3.05) is 18.1 Å². The smallest absolute Gasteiger partial charge is 0.321 e. The van der Waals surface area contributed by atoms with Crippen molar-refractivity contribution in [1.82, 2.24) is 0 Å². The zero-order valence-corrected chi connectivity index (χ0v) is 11.4. The van der Waals surface area contributed by atoms with Gasteiger partial charge in [0.1, 0.15) is 5.75 Å². The van der Waals surface area contributed by atoms with Gasteiger partial charge in [0.25, 0.3) is 0 Å². The molecule has 0 atom stereocenters. The second kappa shape index (κ2) is 6.06. The predicted octanol–water partition coefficient (Wildman–Crippen LogP) is 1.40. The standard InChI is InChI=1S/C11H14ClNO4S/c1-2-17-11(14)7-18(15,16)6-8-5-9(12)3-4-10(8)13/h3-5H,2,6-7,13H2,1H3. The predicted molar refractivity (Wildman–Crippen MR) is 70.0 cm³/mol. The molecule has 0 heterocycles. The van der Waals surface area contributed by atoms with Crippen LogP contribution in [-0.2, 0) is 25.1 Å². The van der Waals surface area contributed by atoms with Crippen molar-refractivity contribution in [3.63, 3.8) is 0 Å². The van der Waals surface area contributed by atoms with Crippen molar-refractivity contribution in [3.8, 4) is 0 Å². The largest absolute Gasteiger partial charge is 0.465 e. The van der Waals surface area contributed by atoms with Crippen LogP contribution in [0.1, 0.15) is 12.5 Å². The molecule has 0 spiro atoms. The molecule has 0 radical (unpaired) electrons. The Hall–Kier alpha value is -1.27. The van der Waals surface area contributed by atoms with Gasteiger partial charge in [-0.25, -0.2) is 8.42 Å². The molecular formula is C11H14ClNO4S. The van der Waals surface area contributed by atoms with Crippen LogP contribution in [0.4, 0.5) is 5.69 Å². The van der Waals surface area contributed by atoms with Crippen molar-refractivity contribution >= 4 is 33.1 Å². The molecule has 100 valence electrons. The minimum Gasteiger partial charge on any atom is -0.465 e. The highest BCUT2D eigenvalue weighted by Gasteiger charge is 2.19. The van der Waals surface area contributed by atoms with E-state index in [0.717, 1.165) is 0 Å². The van der Waals surface area contributed by atoms with Crippen LogP contribution in [0.25, 0.3) is 0 Å². The number of anilines is 1. The number of carbonyl (C=O) groups excluding carboxylic acids is 1. The summed E-state index contributed by atoms with van der Waals surface area (Å²) in [5, 5.41) is 0.394. The molecule has 0 saturated carbocycles. The first kappa shape index (κ1) is 14.8. The fourth-order valence-electron chi connectivity index (χ4n) is 1.37. The number of nitrogen functional groups attached to an aromatic ring is 1. The number of carbonyl (C=O) groups is 1. The van der Waals surface area contributed by atoms with Gasteiger partial charge in [-0.05, 0) is 30.7 Å².